The van der Waals surface area contributed by atoms with Crippen molar-refractivity contribution in [3.05, 3.63) is 41.7 Å². The van der Waals surface area contributed by atoms with Gasteiger partial charge in [-0.3, -0.25) is 0 Å². The van der Waals surface area contributed by atoms with Crippen LogP contribution in [0.2, 0.25) is 0 Å². The van der Waals surface area contributed by atoms with E-state index in [2.05, 4.69) is 21.4 Å². The Kier molecular flexibility index (Phi) is 3.10. The summed E-state index contributed by atoms with van der Waals surface area (Å²) < 4.78 is 5.18. The molecule has 0 bridgehead atoms. The summed E-state index contributed by atoms with van der Waals surface area (Å²) in [7, 11) is 3.52. The number of ether oxygens (including phenoxy) is 1. The number of H-pyrrole nitrogens is 1. The lowest BCUT2D eigenvalue weighted by molar-refractivity contribution is 0.414. The molecule has 1 heterocycles. The molecule has 1 aromatic heterocycles. The molecule has 0 saturated heterocycles. The molecule has 0 aliphatic carbocycles. The maximum absolute atomic E-state index is 5.18. The van der Waals surface area contributed by atoms with Crippen molar-refractivity contribution in [2.45, 2.75) is 6.42 Å². The summed E-state index contributed by atoms with van der Waals surface area (Å²) in [5.74, 6) is 1.67. The first kappa shape index (κ1) is 10.5. The Morgan fingerprint density at radius 2 is 2.31 bits per heavy atom. The molecule has 0 unspecified atom stereocenters. The number of hydrogen-bond acceptors (Lipinski definition) is 3. The first-order chi connectivity index (χ1) is 7.81. The highest BCUT2D eigenvalue weighted by Crippen LogP contribution is 2.15. The van der Waals surface area contributed by atoms with Crippen LogP contribution in [0.1, 0.15) is 11.3 Å². The van der Waals surface area contributed by atoms with Crippen molar-refractivity contribution in [1.29, 1.82) is 0 Å². The van der Waals surface area contributed by atoms with E-state index in [1.54, 1.807) is 7.11 Å². The normalized spacial score (nSPS) is 10.1. The molecule has 4 nitrogen and oxygen atoms in total. The van der Waals surface area contributed by atoms with Crippen molar-refractivity contribution in [2.75, 3.05) is 19.5 Å². The van der Waals surface area contributed by atoms with Crippen molar-refractivity contribution in [3.63, 3.8) is 0 Å². The van der Waals surface area contributed by atoms with E-state index in [1.165, 1.54) is 5.56 Å². The predicted octanol–water partition coefficient (Wildman–Crippen LogP) is 2.05. The summed E-state index contributed by atoms with van der Waals surface area (Å²) in [5, 5.41) is 2.96. The number of aromatic nitrogens is 2. The van der Waals surface area contributed by atoms with Gasteiger partial charge in [-0.25, -0.2) is 4.98 Å². The van der Waals surface area contributed by atoms with E-state index >= 15 is 0 Å². The zero-order valence-electron chi connectivity index (χ0n) is 9.45. The average Bonchev–Trinajstić information content (AvgIpc) is 2.77. The second kappa shape index (κ2) is 4.70. The summed E-state index contributed by atoms with van der Waals surface area (Å²) in [6.07, 6.45) is 2.66. The molecule has 2 aromatic rings. The molecule has 1 aromatic carbocycles. The third-order valence-corrected chi connectivity index (χ3v) is 2.39. The lowest BCUT2D eigenvalue weighted by atomic mass is 10.1. The van der Waals surface area contributed by atoms with Crippen LogP contribution in [0.5, 0.6) is 5.75 Å². The van der Waals surface area contributed by atoms with Crippen LogP contribution in [0.25, 0.3) is 0 Å². The average molecular weight is 217 g/mol. The molecular weight excluding hydrogens is 202 g/mol. The zero-order chi connectivity index (χ0) is 11.4. The van der Waals surface area contributed by atoms with Crippen LogP contribution in [-0.4, -0.2) is 24.1 Å². The lowest BCUT2D eigenvalue weighted by Crippen LogP contribution is -1.92. The summed E-state index contributed by atoms with van der Waals surface area (Å²) >= 11 is 0. The molecule has 0 atom stereocenters. The smallest absolute Gasteiger partial charge is 0.200 e. The van der Waals surface area contributed by atoms with Crippen molar-refractivity contribution < 1.29 is 4.74 Å². The van der Waals surface area contributed by atoms with Gasteiger partial charge in [0.15, 0.2) is 5.95 Å². The minimum Gasteiger partial charge on any atom is -0.497 e. The number of aromatic amines is 1. The van der Waals surface area contributed by atoms with Gasteiger partial charge in [-0.1, -0.05) is 12.1 Å². The molecule has 0 radical (unpaired) electrons. The summed E-state index contributed by atoms with van der Waals surface area (Å²) in [4.78, 5) is 7.36. The predicted molar refractivity (Wildman–Crippen MR) is 63.9 cm³/mol. The van der Waals surface area contributed by atoms with E-state index in [1.807, 2.05) is 31.4 Å². The molecule has 0 fully saturated rings. The Bertz CT molecular complexity index is 465. The molecule has 16 heavy (non-hydrogen) atoms. The molecule has 0 saturated carbocycles. The van der Waals surface area contributed by atoms with E-state index in [0.29, 0.717) is 0 Å². The number of hydrogen-bond donors (Lipinski definition) is 2. The van der Waals surface area contributed by atoms with E-state index in [-0.39, 0.29) is 0 Å². The van der Waals surface area contributed by atoms with Crippen LogP contribution in [0.4, 0.5) is 5.95 Å². The van der Waals surface area contributed by atoms with Crippen LogP contribution < -0.4 is 10.1 Å². The SMILES string of the molecule is CNc1ncc(Cc2cccc(OC)c2)[nH]1. The second-order valence-corrected chi connectivity index (χ2v) is 3.54. The summed E-state index contributed by atoms with van der Waals surface area (Å²) in [5.41, 5.74) is 2.28. The van der Waals surface area contributed by atoms with E-state index in [0.717, 1.165) is 23.8 Å². The van der Waals surface area contributed by atoms with Gasteiger partial charge in [-0.15, -0.1) is 0 Å². The Morgan fingerprint density at radius 3 is 3.00 bits per heavy atom. The fraction of sp³-hybridized carbons (Fsp3) is 0.250. The number of benzene rings is 1. The maximum atomic E-state index is 5.18. The second-order valence-electron chi connectivity index (χ2n) is 3.54. The minimum absolute atomic E-state index is 0.790. The molecule has 4 heteroatoms. The van der Waals surface area contributed by atoms with E-state index in [9.17, 15) is 0 Å². The van der Waals surface area contributed by atoms with Crippen molar-refractivity contribution in [1.82, 2.24) is 9.97 Å². The van der Waals surface area contributed by atoms with Gasteiger partial charge in [0, 0.05) is 19.2 Å². The monoisotopic (exact) mass is 217 g/mol. The van der Waals surface area contributed by atoms with Gasteiger partial charge in [0.1, 0.15) is 5.75 Å². The topological polar surface area (TPSA) is 49.9 Å². The third kappa shape index (κ3) is 2.34. The minimum atomic E-state index is 0.790. The van der Waals surface area contributed by atoms with Gasteiger partial charge >= 0.3 is 0 Å². The number of nitrogens with zero attached hydrogens (tertiary/aromatic N) is 1. The Labute approximate surface area is 94.7 Å². The van der Waals surface area contributed by atoms with Crippen LogP contribution in [0.3, 0.4) is 0 Å². The fourth-order valence-electron chi connectivity index (χ4n) is 1.58. The van der Waals surface area contributed by atoms with Gasteiger partial charge in [-0.05, 0) is 17.7 Å². The summed E-state index contributed by atoms with van der Waals surface area (Å²) in [6, 6.07) is 8.03. The van der Waals surface area contributed by atoms with E-state index < -0.39 is 0 Å². The fourth-order valence-corrected chi connectivity index (χ4v) is 1.58. The van der Waals surface area contributed by atoms with Gasteiger partial charge < -0.3 is 15.0 Å². The van der Waals surface area contributed by atoms with Crippen LogP contribution in [0.15, 0.2) is 30.5 Å². The number of rotatable bonds is 4. The molecule has 2 N–H and O–H groups in total. The molecule has 0 spiro atoms. The Balaban J connectivity index is 2.13. The molecule has 84 valence electrons. The summed E-state index contributed by atoms with van der Waals surface area (Å²) in [6.45, 7) is 0. The highest BCUT2D eigenvalue weighted by atomic mass is 16.5. The Morgan fingerprint density at radius 1 is 1.44 bits per heavy atom. The number of nitrogens with one attached hydrogen (secondary N) is 2. The maximum Gasteiger partial charge on any atom is 0.200 e. The highest BCUT2D eigenvalue weighted by molar-refractivity contribution is 5.32. The largest absolute Gasteiger partial charge is 0.497 e. The molecular formula is C12H15N3O. The number of methoxy groups -OCH3 is 1. The van der Waals surface area contributed by atoms with Crippen molar-refractivity contribution >= 4 is 5.95 Å². The molecule has 0 aliphatic rings. The van der Waals surface area contributed by atoms with Crippen molar-refractivity contribution in [2.24, 2.45) is 0 Å². The van der Waals surface area contributed by atoms with Crippen LogP contribution in [-0.2, 0) is 6.42 Å². The van der Waals surface area contributed by atoms with Crippen LogP contribution >= 0.6 is 0 Å². The van der Waals surface area contributed by atoms with Gasteiger partial charge in [0.2, 0.25) is 0 Å². The highest BCUT2D eigenvalue weighted by Gasteiger charge is 2.01. The molecule has 2 rings (SSSR count). The van der Waals surface area contributed by atoms with Crippen LogP contribution in [0, 0.1) is 0 Å². The number of imidazole rings is 1. The number of anilines is 1. The van der Waals surface area contributed by atoms with Gasteiger partial charge in [-0.2, -0.15) is 0 Å². The van der Waals surface area contributed by atoms with Gasteiger partial charge in [0.05, 0.1) is 13.3 Å². The zero-order valence-corrected chi connectivity index (χ0v) is 9.45. The Hall–Kier alpha value is -1.97. The van der Waals surface area contributed by atoms with Gasteiger partial charge in [0.25, 0.3) is 0 Å². The van der Waals surface area contributed by atoms with Crippen molar-refractivity contribution in [3.8, 4) is 5.75 Å². The lowest BCUT2D eigenvalue weighted by Gasteiger charge is -2.02. The van der Waals surface area contributed by atoms with E-state index in [4.69, 9.17) is 4.74 Å². The molecule has 0 aliphatic heterocycles. The first-order valence-corrected chi connectivity index (χ1v) is 5.16. The third-order valence-electron chi connectivity index (χ3n) is 2.39. The molecule has 0 amide bonds. The first-order valence-electron chi connectivity index (χ1n) is 5.16. The standard InChI is InChI=1S/C12H15N3O/c1-13-12-14-8-10(15-12)6-9-4-3-5-11(7-9)16-2/h3-5,7-8H,6H2,1-2H3,(H2,13,14,15). The quantitative estimate of drug-likeness (QED) is 0.824.